The highest BCUT2D eigenvalue weighted by atomic mass is 19.3. The first-order valence-electron chi connectivity index (χ1n) is 13.2. The molecule has 42 heavy (non-hydrogen) atoms. The van der Waals surface area contributed by atoms with E-state index in [0.717, 1.165) is 6.07 Å². The second-order valence-corrected chi connectivity index (χ2v) is 10.9. The van der Waals surface area contributed by atoms with Gasteiger partial charge in [0.1, 0.15) is 23.3 Å². The summed E-state index contributed by atoms with van der Waals surface area (Å²) in [5, 5.41) is 22.2. The third kappa shape index (κ3) is 6.03. The van der Waals surface area contributed by atoms with E-state index in [4.69, 9.17) is 9.72 Å². The van der Waals surface area contributed by atoms with Gasteiger partial charge in [-0.2, -0.15) is 10.5 Å². The molecule has 12 heteroatoms. The quantitative estimate of drug-likeness (QED) is 0.394. The average molecular weight is 578 g/mol. The molecule has 0 saturated carbocycles. The molecule has 0 bridgehead atoms. The lowest BCUT2D eigenvalue weighted by Crippen LogP contribution is -2.46. The smallest absolute Gasteiger partial charge is 0.444 e. The van der Waals surface area contributed by atoms with Crippen LogP contribution in [-0.4, -0.2) is 42.1 Å². The third-order valence-corrected chi connectivity index (χ3v) is 6.72. The van der Waals surface area contributed by atoms with Gasteiger partial charge in [0, 0.05) is 30.3 Å². The molecule has 1 amide bonds. The fourth-order valence-corrected chi connectivity index (χ4v) is 4.87. The molecular weight excluding hydrogens is 551 g/mol. The van der Waals surface area contributed by atoms with Crippen molar-refractivity contribution in [3.63, 3.8) is 0 Å². The van der Waals surface area contributed by atoms with Crippen LogP contribution in [0.15, 0.2) is 42.5 Å². The Hall–Kier alpha value is -4.97. The number of halogens is 3. The molecule has 3 aromatic rings. The maximum atomic E-state index is 14.7. The van der Waals surface area contributed by atoms with Crippen LogP contribution in [0.25, 0.3) is 22.4 Å². The number of fused-ring (bicyclic) bond motifs is 1. The molecule has 1 aromatic heterocycles. The summed E-state index contributed by atoms with van der Waals surface area (Å²) in [4.78, 5) is 19.0. The van der Waals surface area contributed by atoms with Crippen molar-refractivity contribution in [2.24, 2.45) is 0 Å². The van der Waals surface area contributed by atoms with E-state index >= 15 is 0 Å². The van der Waals surface area contributed by atoms with Gasteiger partial charge in [0.05, 0.1) is 22.9 Å². The first kappa shape index (κ1) is 28.6. The molecule has 0 aliphatic carbocycles. The molecular formula is C30H26F3N5O4. The zero-order valence-corrected chi connectivity index (χ0v) is 23.0. The maximum absolute atomic E-state index is 14.7. The average Bonchev–Trinajstić information content (AvgIpc) is 3.24. The Morgan fingerprint density at radius 2 is 1.69 bits per heavy atom. The largest absolute Gasteiger partial charge is 0.586 e. The molecule has 2 aliphatic rings. The van der Waals surface area contributed by atoms with E-state index in [1.54, 1.807) is 32.9 Å². The van der Waals surface area contributed by atoms with E-state index in [-0.39, 0.29) is 45.5 Å². The summed E-state index contributed by atoms with van der Waals surface area (Å²) >= 11 is 0. The molecule has 0 radical (unpaired) electrons. The number of benzene rings is 2. The summed E-state index contributed by atoms with van der Waals surface area (Å²) < 4.78 is 56.6. The number of piperidine rings is 1. The van der Waals surface area contributed by atoms with E-state index in [1.165, 1.54) is 30.3 Å². The standard InChI is InChI=1S/C30H26F3N5O4/c1-29(2,3)42-28(39)36-21-8-10-38(11-9-21)25-14-20(16-35)26(17-6-7-23-24(13-17)41-30(32,33)40-23)27(37-25)18-4-5-19(15-34)22(31)12-18/h4-7,12-14,21H,8-11H2,1-3H3,(H,36,39). The van der Waals surface area contributed by atoms with Crippen molar-refractivity contribution in [1.29, 1.82) is 10.5 Å². The number of hydrogen-bond donors (Lipinski definition) is 1. The number of rotatable bonds is 4. The molecule has 216 valence electrons. The summed E-state index contributed by atoms with van der Waals surface area (Å²) in [5.74, 6) is -0.716. The first-order chi connectivity index (χ1) is 19.9. The van der Waals surface area contributed by atoms with Crippen LogP contribution in [0.5, 0.6) is 11.5 Å². The Balaban J connectivity index is 1.51. The zero-order valence-electron chi connectivity index (χ0n) is 23.0. The zero-order chi connectivity index (χ0) is 30.2. The summed E-state index contributed by atoms with van der Waals surface area (Å²) in [6.45, 7) is 6.35. The van der Waals surface area contributed by atoms with Crippen molar-refractivity contribution in [2.75, 3.05) is 18.0 Å². The SMILES string of the molecule is CC(C)(C)OC(=O)NC1CCN(c2cc(C#N)c(-c3ccc4c(c3)OC(F)(F)O4)c(-c3ccc(C#N)c(F)c3)n2)CC1. The van der Waals surface area contributed by atoms with Crippen LogP contribution >= 0.6 is 0 Å². The fraction of sp³-hybridized carbons (Fsp3) is 0.333. The van der Waals surface area contributed by atoms with Crippen LogP contribution in [0.4, 0.5) is 23.8 Å². The lowest BCUT2D eigenvalue weighted by Gasteiger charge is -2.34. The number of anilines is 1. The summed E-state index contributed by atoms with van der Waals surface area (Å²) in [7, 11) is 0. The summed E-state index contributed by atoms with van der Waals surface area (Å²) in [6.07, 6.45) is -3.16. The second kappa shape index (κ2) is 10.8. The normalized spacial score (nSPS) is 16.0. The molecule has 9 nitrogen and oxygen atoms in total. The van der Waals surface area contributed by atoms with Gasteiger partial charge in [-0.15, -0.1) is 8.78 Å². The lowest BCUT2D eigenvalue weighted by atomic mass is 9.94. The number of nitriles is 2. The molecule has 1 fully saturated rings. The maximum Gasteiger partial charge on any atom is 0.586 e. The minimum absolute atomic E-state index is 0.121. The monoisotopic (exact) mass is 577 g/mol. The number of nitrogens with one attached hydrogen (secondary N) is 1. The number of ether oxygens (including phenoxy) is 3. The first-order valence-corrected chi connectivity index (χ1v) is 13.2. The Morgan fingerprint density at radius 1 is 1.02 bits per heavy atom. The van der Waals surface area contributed by atoms with Crippen LogP contribution in [0.3, 0.4) is 0 Å². The Bertz CT molecular complexity index is 1630. The van der Waals surface area contributed by atoms with Gasteiger partial charge < -0.3 is 24.4 Å². The molecule has 2 aromatic carbocycles. The van der Waals surface area contributed by atoms with Crippen LogP contribution in [0.1, 0.15) is 44.7 Å². The highest BCUT2D eigenvalue weighted by Crippen LogP contribution is 2.45. The molecule has 2 aliphatic heterocycles. The predicted molar refractivity (Wildman–Crippen MR) is 145 cm³/mol. The van der Waals surface area contributed by atoms with E-state index in [9.17, 15) is 28.5 Å². The lowest BCUT2D eigenvalue weighted by molar-refractivity contribution is -0.286. The molecule has 1 saturated heterocycles. The number of carbonyl (C=O) groups excluding carboxylic acids is 1. The van der Waals surface area contributed by atoms with Crippen LogP contribution < -0.4 is 19.7 Å². The van der Waals surface area contributed by atoms with Crippen LogP contribution in [0.2, 0.25) is 0 Å². The Labute approximate surface area is 240 Å². The number of nitrogens with zero attached hydrogens (tertiary/aromatic N) is 4. The highest BCUT2D eigenvalue weighted by molar-refractivity contribution is 5.87. The second-order valence-electron chi connectivity index (χ2n) is 10.9. The van der Waals surface area contributed by atoms with E-state index in [0.29, 0.717) is 37.3 Å². The molecule has 0 atom stereocenters. The summed E-state index contributed by atoms with van der Waals surface area (Å²) in [5.41, 5.74) is 0.474. The van der Waals surface area contributed by atoms with Gasteiger partial charge in [-0.05, 0) is 69.5 Å². The third-order valence-electron chi connectivity index (χ3n) is 6.72. The Morgan fingerprint density at radius 3 is 2.33 bits per heavy atom. The number of alkyl halides is 2. The van der Waals surface area contributed by atoms with Gasteiger partial charge in [0.15, 0.2) is 11.5 Å². The molecule has 0 unspecified atom stereocenters. The minimum Gasteiger partial charge on any atom is -0.444 e. The number of hydrogen-bond acceptors (Lipinski definition) is 8. The molecule has 3 heterocycles. The molecule has 0 spiro atoms. The number of alkyl carbamates (subject to hydrolysis) is 1. The van der Waals surface area contributed by atoms with Crippen LogP contribution in [0, 0.1) is 28.5 Å². The fourth-order valence-electron chi connectivity index (χ4n) is 4.87. The summed E-state index contributed by atoms with van der Waals surface area (Å²) in [6, 6.07) is 13.5. The number of carbonyl (C=O) groups is 1. The van der Waals surface area contributed by atoms with Gasteiger partial charge >= 0.3 is 12.4 Å². The van der Waals surface area contributed by atoms with Gasteiger partial charge in [0.25, 0.3) is 0 Å². The van der Waals surface area contributed by atoms with Gasteiger partial charge in [-0.25, -0.2) is 14.2 Å². The minimum atomic E-state index is -3.83. The van der Waals surface area contributed by atoms with E-state index in [2.05, 4.69) is 20.9 Å². The van der Waals surface area contributed by atoms with Crippen molar-refractivity contribution in [3.8, 4) is 46.0 Å². The number of amides is 1. The van der Waals surface area contributed by atoms with Crippen molar-refractivity contribution in [2.45, 2.75) is 51.6 Å². The van der Waals surface area contributed by atoms with Crippen LogP contribution in [-0.2, 0) is 4.74 Å². The number of aromatic nitrogens is 1. The highest BCUT2D eigenvalue weighted by Gasteiger charge is 2.43. The Kier molecular flexibility index (Phi) is 7.33. The topological polar surface area (TPSA) is 121 Å². The van der Waals surface area contributed by atoms with Gasteiger partial charge in [-0.1, -0.05) is 12.1 Å². The van der Waals surface area contributed by atoms with Crippen molar-refractivity contribution in [1.82, 2.24) is 10.3 Å². The molecule has 5 rings (SSSR count). The van der Waals surface area contributed by atoms with E-state index < -0.39 is 23.8 Å². The van der Waals surface area contributed by atoms with Crippen molar-refractivity contribution < 1.29 is 32.2 Å². The predicted octanol–water partition coefficient (Wildman–Crippen LogP) is 6.11. The van der Waals surface area contributed by atoms with Gasteiger partial charge in [-0.3, -0.25) is 0 Å². The van der Waals surface area contributed by atoms with Gasteiger partial charge in [0.2, 0.25) is 0 Å². The van der Waals surface area contributed by atoms with Crippen molar-refractivity contribution >= 4 is 11.9 Å². The molecule has 1 N–H and O–H groups in total. The van der Waals surface area contributed by atoms with Crippen molar-refractivity contribution in [3.05, 3.63) is 59.4 Å². The number of pyridine rings is 1. The van der Waals surface area contributed by atoms with E-state index in [1.807, 2.05) is 4.90 Å².